The first-order valence-corrected chi connectivity index (χ1v) is 14.4. The molecule has 0 saturated carbocycles. The van der Waals surface area contributed by atoms with Gasteiger partial charge in [0.2, 0.25) is 0 Å². The standard InChI is InChI=1S/C20H14N4.4C2H5NO.Co/c1-2-14-10-16-5-6-18(23-16)12-20-8-7-19(24-20)11-17-4-3-15(22-17)9-13(1)21-14;4*1-2(3)4;/h1-12,21,24H;4*1H3,(H2,3,4);/q;;;;;+4/p-4. The fourth-order valence-corrected chi connectivity index (χ4v) is 6.36. The van der Waals surface area contributed by atoms with Crippen LogP contribution in [-0.4, -0.2) is 43.6 Å². The summed E-state index contributed by atoms with van der Waals surface area (Å²) >= 11 is -3.10. The second kappa shape index (κ2) is 12.4. The van der Waals surface area contributed by atoms with Crippen molar-refractivity contribution in [2.75, 3.05) is 0 Å². The summed E-state index contributed by atoms with van der Waals surface area (Å²) in [6, 6.07) is 16.4. The molecule has 0 radical (unpaired) electrons. The molecule has 0 aliphatic carbocycles. The van der Waals surface area contributed by atoms with Gasteiger partial charge in [-0.05, 0) is 72.8 Å². The van der Waals surface area contributed by atoms with Crippen LogP contribution in [0.15, 0.2) is 48.5 Å². The fraction of sp³-hybridized carbons (Fsp3) is 0.143. The first kappa shape index (κ1) is 29.0. The van der Waals surface area contributed by atoms with Crippen LogP contribution in [0, 0.1) is 0 Å². The minimum absolute atomic E-state index is 0.492. The Hall–Kier alpha value is -5.01. The van der Waals surface area contributed by atoms with Crippen LogP contribution in [0.2, 0.25) is 0 Å². The van der Waals surface area contributed by atoms with E-state index in [0.717, 1.165) is 44.8 Å². The van der Waals surface area contributed by atoms with Gasteiger partial charge < -0.3 is 9.97 Å². The van der Waals surface area contributed by atoms with Crippen molar-refractivity contribution in [3.05, 3.63) is 71.3 Å². The Morgan fingerprint density at radius 2 is 0.756 bits per heavy atom. The predicted molar refractivity (Wildman–Crippen MR) is 154 cm³/mol. The van der Waals surface area contributed by atoms with Crippen molar-refractivity contribution in [3.8, 4) is 0 Å². The number of hydrogen-bond acceptors (Lipinski definition) is 6. The number of nitrogens with one attached hydrogen (secondary N) is 6. The van der Waals surface area contributed by atoms with E-state index in [-0.39, 0.29) is 0 Å². The van der Waals surface area contributed by atoms with Crippen LogP contribution in [0.1, 0.15) is 50.5 Å². The van der Waals surface area contributed by atoms with E-state index in [4.69, 9.17) is 0 Å². The zero-order valence-corrected chi connectivity index (χ0v) is 23.8. The van der Waals surface area contributed by atoms with E-state index in [1.165, 1.54) is 27.7 Å². The number of nitrogens with zero attached hydrogens (tertiary/aromatic N) is 2. The van der Waals surface area contributed by atoms with E-state index < -0.39 is 37.1 Å². The van der Waals surface area contributed by atoms with Crippen LogP contribution in [0.4, 0.5) is 0 Å². The number of carbonyl (C=O) groups excluding carboxylic acids is 4. The topological polar surface area (TPSA) is 174 Å². The molecule has 6 N–H and O–H groups in total. The molecule has 0 spiro atoms. The quantitative estimate of drug-likeness (QED) is 0.185. The predicted octanol–water partition coefficient (Wildman–Crippen LogP) is 3.00. The van der Waals surface area contributed by atoms with Gasteiger partial charge in [-0.1, -0.05) is 0 Å². The Morgan fingerprint density at radius 1 is 0.512 bits per heavy atom. The van der Waals surface area contributed by atoms with Gasteiger partial charge in [-0.25, -0.2) is 9.97 Å². The minimum atomic E-state index is -3.10. The molecule has 0 saturated heterocycles. The average molecular weight is 602 g/mol. The summed E-state index contributed by atoms with van der Waals surface area (Å²) in [7, 11) is 0. The summed E-state index contributed by atoms with van der Waals surface area (Å²) in [5.41, 5.74) is 7.86. The zero-order chi connectivity index (χ0) is 29.6. The van der Waals surface area contributed by atoms with Crippen molar-refractivity contribution in [2.45, 2.75) is 27.7 Å². The van der Waals surface area contributed by atoms with Crippen molar-refractivity contribution in [1.82, 2.24) is 37.4 Å². The number of amides is 4. The SMILES string of the molecule is C1=Cc2cc3ccc(cc4nc(cc5ccc(cc1n2)[nH]5)C=C4)[nH]3.CC(=O)[NH][Co]([NH]C(C)=O)([NH]C(C)=O)[NH]C(C)=O. The van der Waals surface area contributed by atoms with E-state index >= 15 is 0 Å². The number of rotatable bonds is 4. The summed E-state index contributed by atoms with van der Waals surface area (Å²) in [5.74, 6) is -1.97. The van der Waals surface area contributed by atoms with Crippen LogP contribution >= 0.6 is 0 Å². The molecule has 4 amide bonds. The normalized spacial score (nSPS) is 12.0. The third kappa shape index (κ3) is 8.48. The van der Waals surface area contributed by atoms with Crippen molar-refractivity contribution in [2.24, 2.45) is 0 Å². The van der Waals surface area contributed by atoms with Gasteiger partial charge in [0.25, 0.3) is 0 Å². The van der Waals surface area contributed by atoms with E-state index in [1.54, 1.807) is 0 Å². The molecule has 12 nitrogen and oxygen atoms in total. The first-order valence-electron chi connectivity index (χ1n) is 12.3. The van der Waals surface area contributed by atoms with E-state index in [2.05, 4.69) is 61.7 Å². The zero-order valence-electron chi connectivity index (χ0n) is 22.8. The van der Waals surface area contributed by atoms with E-state index in [1.807, 2.05) is 48.6 Å². The molecule has 0 fully saturated rings. The summed E-state index contributed by atoms with van der Waals surface area (Å²) in [4.78, 5) is 60.3. The molecule has 8 bridgehead atoms. The van der Waals surface area contributed by atoms with Crippen LogP contribution < -0.4 is 17.5 Å². The Bertz CT molecular complexity index is 1490. The molecule has 5 rings (SSSR count). The molecule has 2 aliphatic rings. The van der Waals surface area contributed by atoms with Crippen molar-refractivity contribution >= 4 is 70.0 Å². The molecule has 215 valence electrons. The van der Waals surface area contributed by atoms with Crippen molar-refractivity contribution in [3.63, 3.8) is 0 Å². The van der Waals surface area contributed by atoms with Gasteiger partial charge in [0.1, 0.15) is 0 Å². The second-order valence-electron chi connectivity index (χ2n) is 8.96. The van der Waals surface area contributed by atoms with Gasteiger partial charge in [0.15, 0.2) is 0 Å². The number of carbonyl (C=O) groups is 4. The summed E-state index contributed by atoms with van der Waals surface area (Å²) in [6.45, 7) is 4.83. The van der Waals surface area contributed by atoms with Crippen LogP contribution in [0.5, 0.6) is 0 Å². The molecule has 13 heteroatoms. The number of fused-ring (bicyclic) bond motifs is 8. The van der Waals surface area contributed by atoms with Crippen LogP contribution in [0.25, 0.3) is 46.4 Å². The molecule has 0 unspecified atom stereocenters. The Morgan fingerprint density at radius 3 is 0.976 bits per heavy atom. The Balaban J connectivity index is 0.000000204. The average Bonchev–Trinajstić information content (AvgIpc) is 3.63. The number of aromatic nitrogens is 4. The third-order valence-electron chi connectivity index (χ3n) is 5.01. The summed E-state index contributed by atoms with van der Waals surface area (Å²) < 4.78 is 9.45. The first-order chi connectivity index (χ1) is 19.5. The van der Waals surface area contributed by atoms with Crippen LogP contribution in [0.3, 0.4) is 0 Å². The van der Waals surface area contributed by atoms with Crippen LogP contribution in [-0.2, 0) is 32.7 Å². The molecule has 3 aromatic rings. The van der Waals surface area contributed by atoms with Gasteiger partial charge in [-0.15, -0.1) is 0 Å². The second-order valence-corrected chi connectivity index (χ2v) is 11.6. The molecule has 41 heavy (non-hydrogen) atoms. The Labute approximate surface area is 238 Å². The fourth-order valence-electron chi connectivity index (χ4n) is 3.77. The number of aromatic amines is 2. The molecule has 2 aliphatic heterocycles. The van der Waals surface area contributed by atoms with Gasteiger partial charge in [0.05, 0.1) is 22.8 Å². The van der Waals surface area contributed by atoms with Gasteiger partial charge in [0, 0.05) is 22.1 Å². The van der Waals surface area contributed by atoms with Gasteiger partial charge in [-0.2, -0.15) is 0 Å². The maximum atomic E-state index is 11.1. The summed E-state index contributed by atoms with van der Waals surface area (Å²) in [5, 5.41) is 0. The number of H-pyrrole nitrogens is 2. The number of hydrogen-bond donors (Lipinski definition) is 6. The maximum absolute atomic E-state index is 11.1. The van der Waals surface area contributed by atoms with E-state index in [9.17, 15) is 19.2 Å². The van der Waals surface area contributed by atoms with Gasteiger partial charge in [-0.3, -0.25) is 0 Å². The van der Waals surface area contributed by atoms with E-state index in [0.29, 0.717) is 0 Å². The molecule has 0 atom stereocenters. The monoisotopic (exact) mass is 601 g/mol. The molecule has 5 heterocycles. The van der Waals surface area contributed by atoms with Crippen molar-refractivity contribution < 1.29 is 32.7 Å². The van der Waals surface area contributed by atoms with Gasteiger partial charge >= 0.3 is 101 Å². The molecular formula is C28H30CoN8O4. The van der Waals surface area contributed by atoms with Crippen molar-refractivity contribution in [1.29, 1.82) is 0 Å². The Kier molecular flexibility index (Phi) is 8.80. The summed E-state index contributed by atoms with van der Waals surface area (Å²) in [6.07, 6.45) is 8.09. The molecule has 3 aromatic heterocycles. The molecule has 0 aromatic carbocycles. The third-order valence-corrected chi connectivity index (χ3v) is 8.04. The molecular weight excluding hydrogens is 571 g/mol.